The molecule has 0 amide bonds. The molecular formula is C5H4BClFNO3. The van der Waals surface area contributed by atoms with Crippen LogP contribution in [0.5, 0.6) is 5.75 Å². The molecule has 12 heavy (non-hydrogen) atoms. The number of rotatable bonds is 2. The number of hydrogen-bond donors (Lipinski definition) is 2. The molecule has 0 saturated carbocycles. The molecule has 0 spiro atoms. The molecule has 0 atom stereocenters. The van der Waals surface area contributed by atoms with Gasteiger partial charge in [-0.1, -0.05) is 11.6 Å². The molecule has 64 valence electrons. The Labute approximate surface area is 72.7 Å². The molecule has 0 unspecified atom stereocenters. The monoisotopic (exact) mass is 191 g/mol. The lowest BCUT2D eigenvalue weighted by atomic mass is 10.2. The highest BCUT2D eigenvalue weighted by atomic mass is 35.5. The smallest absolute Gasteiger partial charge is 0.508 e. The van der Waals surface area contributed by atoms with Crippen molar-refractivity contribution in [3.8, 4) is 5.75 Å². The van der Waals surface area contributed by atoms with Crippen molar-refractivity contribution in [1.29, 1.82) is 0 Å². The molecule has 0 fully saturated rings. The molecule has 0 aliphatic rings. The maximum absolute atomic E-state index is 12.7. The molecule has 2 N–H and O–H groups in total. The van der Waals surface area contributed by atoms with Gasteiger partial charge >= 0.3 is 7.32 Å². The summed E-state index contributed by atoms with van der Waals surface area (Å²) < 4.78 is 16.9. The van der Waals surface area contributed by atoms with E-state index in [9.17, 15) is 4.39 Å². The zero-order valence-corrected chi connectivity index (χ0v) is 6.49. The van der Waals surface area contributed by atoms with Gasteiger partial charge in [-0.3, -0.25) is 0 Å². The molecule has 0 radical (unpaired) electrons. The molecule has 7 heteroatoms. The van der Waals surface area contributed by atoms with E-state index in [4.69, 9.17) is 21.6 Å². The van der Waals surface area contributed by atoms with Crippen LogP contribution in [-0.2, 0) is 0 Å². The average molecular weight is 191 g/mol. The molecule has 1 aromatic rings. The van der Waals surface area contributed by atoms with Crippen molar-refractivity contribution in [1.82, 2.24) is 4.98 Å². The van der Waals surface area contributed by atoms with E-state index in [2.05, 4.69) is 9.64 Å². The Bertz CT molecular complexity index is 285. The van der Waals surface area contributed by atoms with Gasteiger partial charge in [-0.15, -0.1) is 0 Å². The first kappa shape index (κ1) is 9.24. The summed E-state index contributed by atoms with van der Waals surface area (Å²) in [4.78, 5) is 3.18. The van der Waals surface area contributed by atoms with Gasteiger partial charge in [-0.25, -0.2) is 4.98 Å². The summed E-state index contributed by atoms with van der Waals surface area (Å²) in [6, 6.07) is 2.41. The summed E-state index contributed by atoms with van der Waals surface area (Å²) in [6.45, 7) is 0. The number of pyridine rings is 1. The summed E-state index contributed by atoms with van der Waals surface area (Å²) in [5.74, 6) is -1.36. The quantitative estimate of drug-likeness (QED) is 0.519. The molecule has 0 bridgehead atoms. The van der Waals surface area contributed by atoms with Gasteiger partial charge in [0.05, 0.1) is 0 Å². The average Bonchev–Trinajstić information content (AvgIpc) is 1.94. The van der Waals surface area contributed by atoms with Gasteiger partial charge in [0, 0.05) is 0 Å². The third-order valence-corrected chi connectivity index (χ3v) is 1.22. The Balaban J connectivity index is 2.86. The normalized spacial score (nSPS) is 9.67. The van der Waals surface area contributed by atoms with E-state index >= 15 is 0 Å². The molecule has 1 aromatic heterocycles. The Hall–Kier alpha value is -0.845. The topological polar surface area (TPSA) is 62.6 Å². The third-order valence-electron chi connectivity index (χ3n) is 1.01. The lowest BCUT2D eigenvalue weighted by Crippen LogP contribution is -2.21. The van der Waals surface area contributed by atoms with Gasteiger partial charge in [-0.05, 0) is 12.1 Å². The van der Waals surface area contributed by atoms with Crippen molar-refractivity contribution in [2.75, 3.05) is 0 Å². The zero-order valence-electron chi connectivity index (χ0n) is 5.74. The van der Waals surface area contributed by atoms with Gasteiger partial charge in [0.2, 0.25) is 0 Å². The Morgan fingerprint density at radius 2 is 2.17 bits per heavy atom. The van der Waals surface area contributed by atoms with E-state index in [1.165, 1.54) is 6.07 Å². The number of hydrogen-bond acceptors (Lipinski definition) is 4. The highest BCUT2D eigenvalue weighted by Gasteiger charge is 2.15. The molecule has 0 saturated heterocycles. The molecular weight excluding hydrogens is 187 g/mol. The van der Waals surface area contributed by atoms with Crippen molar-refractivity contribution in [3.63, 3.8) is 0 Å². The van der Waals surface area contributed by atoms with Crippen LogP contribution in [0.1, 0.15) is 0 Å². The molecule has 0 aliphatic carbocycles. The van der Waals surface area contributed by atoms with Gasteiger partial charge in [0.25, 0.3) is 5.95 Å². The van der Waals surface area contributed by atoms with Crippen LogP contribution >= 0.6 is 11.6 Å². The minimum atomic E-state index is -2.07. The standard InChI is InChI=1S/C5H4BClFNO3/c7-4-2-1-3(5(8)9-4)12-6(10)11/h1-2,10-11H. The van der Waals surface area contributed by atoms with Crippen molar-refractivity contribution in [3.05, 3.63) is 23.2 Å². The number of nitrogens with zero attached hydrogens (tertiary/aromatic N) is 1. The minimum Gasteiger partial charge on any atom is -0.508 e. The fourth-order valence-corrected chi connectivity index (χ4v) is 0.738. The minimum absolute atomic E-state index is 0.0349. The van der Waals surface area contributed by atoms with E-state index in [1.54, 1.807) is 0 Å². The maximum atomic E-state index is 12.7. The third kappa shape index (κ3) is 2.33. The van der Waals surface area contributed by atoms with Crippen molar-refractivity contribution >= 4 is 18.9 Å². The Kier molecular flexibility index (Phi) is 2.85. The molecule has 1 rings (SSSR count). The molecule has 0 aromatic carbocycles. The Morgan fingerprint density at radius 1 is 1.50 bits per heavy atom. The van der Waals surface area contributed by atoms with E-state index in [0.29, 0.717) is 0 Å². The largest absolute Gasteiger partial charge is 0.707 e. The van der Waals surface area contributed by atoms with Crippen LogP contribution in [0.3, 0.4) is 0 Å². The van der Waals surface area contributed by atoms with E-state index in [1.807, 2.05) is 0 Å². The first-order valence-corrected chi connectivity index (χ1v) is 3.32. The second-order valence-corrected chi connectivity index (χ2v) is 2.25. The van der Waals surface area contributed by atoms with Gasteiger partial charge < -0.3 is 14.7 Å². The van der Waals surface area contributed by atoms with Crippen LogP contribution < -0.4 is 4.65 Å². The van der Waals surface area contributed by atoms with Crippen molar-refractivity contribution in [2.45, 2.75) is 0 Å². The highest BCUT2D eigenvalue weighted by Crippen LogP contribution is 2.17. The first-order valence-electron chi connectivity index (χ1n) is 2.94. The van der Waals surface area contributed by atoms with Crippen LogP contribution in [0.25, 0.3) is 0 Å². The van der Waals surface area contributed by atoms with E-state index in [0.717, 1.165) is 6.07 Å². The van der Waals surface area contributed by atoms with Crippen LogP contribution in [0.2, 0.25) is 5.15 Å². The molecule has 1 heterocycles. The predicted octanol–water partition coefficient (Wildman–Crippen LogP) is 0.222. The fraction of sp³-hybridized carbons (Fsp3) is 0. The second-order valence-electron chi connectivity index (χ2n) is 1.87. The van der Waals surface area contributed by atoms with Crippen molar-refractivity contribution < 1.29 is 19.1 Å². The van der Waals surface area contributed by atoms with Crippen LogP contribution in [0.4, 0.5) is 4.39 Å². The summed E-state index contributed by atoms with van der Waals surface area (Å²) in [5.41, 5.74) is 0. The SMILES string of the molecule is OB(O)Oc1ccc(Cl)nc1F. The summed E-state index contributed by atoms with van der Waals surface area (Å²) >= 11 is 5.32. The predicted molar refractivity (Wildman–Crippen MR) is 40.0 cm³/mol. The summed E-state index contributed by atoms with van der Waals surface area (Å²) in [7, 11) is -2.07. The van der Waals surface area contributed by atoms with E-state index in [-0.39, 0.29) is 10.9 Å². The fourth-order valence-electron chi connectivity index (χ4n) is 0.601. The molecule has 0 aliphatic heterocycles. The number of halogens is 2. The Morgan fingerprint density at radius 3 is 2.67 bits per heavy atom. The van der Waals surface area contributed by atoms with Crippen LogP contribution in [0, 0.1) is 5.95 Å². The second kappa shape index (κ2) is 3.71. The van der Waals surface area contributed by atoms with Crippen LogP contribution in [0.15, 0.2) is 12.1 Å². The maximum Gasteiger partial charge on any atom is 0.707 e. The highest BCUT2D eigenvalue weighted by molar-refractivity contribution is 6.33. The van der Waals surface area contributed by atoms with Gasteiger partial charge in [0.1, 0.15) is 5.15 Å². The lowest BCUT2D eigenvalue weighted by Gasteiger charge is -2.03. The van der Waals surface area contributed by atoms with E-state index < -0.39 is 13.3 Å². The summed E-state index contributed by atoms with van der Waals surface area (Å²) in [5, 5.41) is 16.6. The van der Waals surface area contributed by atoms with Crippen LogP contribution in [-0.4, -0.2) is 22.4 Å². The van der Waals surface area contributed by atoms with Crippen molar-refractivity contribution in [2.24, 2.45) is 0 Å². The molecule has 4 nitrogen and oxygen atoms in total. The summed E-state index contributed by atoms with van der Waals surface area (Å²) in [6.07, 6.45) is 0. The lowest BCUT2D eigenvalue weighted by molar-refractivity contribution is 0.280. The zero-order chi connectivity index (χ0) is 9.14. The van der Waals surface area contributed by atoms with Gasteiger partial charge in [-0.2, -0.15) is 4.39 Å². The van der Waals surface area contributed by atoms with Gasteiger partial charge in [0.15, 0.2) is 5.75 Å². The number of aromatic nitrogens is 1. The first-order chi connectivity index (χ1) is 5.59.